The van der Waals surface area contributed by atoms with Crippen LogP contribution in [0.15, 0.2) is 60.7 Å². The minimum absolute atomic E-state index is 0.0750. The summed E-state index contributed by atoms with van der Waals surface area (Å²) in [6.45, 7) is 12.6. The summed E-state index contributed by atoms with van der Waals surface area (Å²) in [7, 11) is 0. The lowest BCUT2D eigenvalue weighted by Gasteiger charge is -2.28. The maximum atomic E-state index is 13.2. The number of halogens is 1. The fourth-order valence-electron chi connectivity index (χ4n) is 4.15. The van der Waals surface area contributed by atoms with Gasteiger partial charge >= 0.3 is 0 Å². The number of ether oxygens (including phenoxy) is 1. The highest BCUT2D eigenvalue weighted by molar-refractivity contribution is 6.46. The number of carbonyl (C=O) groups is 2. The summed E-state index contributed by atoms with van der Waals surface area (Å²) in [6, 6.07) is 11.5. The highest BCUT2D eigenvalue weighted by atomic mass is 35.5. The maximum Gasteiger partial charge on any atom is 0.295 e. The van der Waals surface area contributed by atoms with E-state index in [4.69, 9.17) is 16.3 Å². The van der Waals surface area contributed by atoms with E-state index in [1.807, 2.05) is 6.92 Å². The Labute approximate surface area is 206 Å². The number of likely N-dealkylation sites (tertiary alicyclic amines) is 1. The summed E-state index contributed by atoms with van der Waals surface area (Å²) in [5.41, 5.74) is 2.03. The van der Waals surface area contributed by atoms with Crippen molar-refractivity contribution in [3.63, 3.8) is 0 Å². The summed E-state index contributed by atoms with van der Waals surface area (Å²) in [6.07, 6.45) is 1.65. The van der Waals surface area contributed by atoms with Gasteiger partial charge in [-0.3, -0.25) is 9.59 Å². The van der Waals surface area contributed by atoms with Crippen LogP contribution in [0.1, 0.15) is 36.6 Å². The highest BCUT2D eigenvalue weighted by Crippen LogP contribution is 2.40. The van der Waals surface area contributed by atoms with Gasteiger partial charge in [0.05, 0.1) is 11.6 Å². The van der Waals surface area contributed by atoms with Crippen molar-refractivity contribution in [1.29, 1.82) is 0 Å². The van der Waals surface area contributed by atoms with Gasteiger partial charge in [0.1, 0.15) is 18.1 Å². The van der Waals surface area contributed by atoms with E-state index >= 15 is 0 Å². The van der Waals surface area contributed by atoms with Crippen LogP contribution in [-0.2, 0) is 9.59 Å². The average molecular weight is 483 g/mol. The van der Waals surface area contributed by atoms with E-state index in [9.17, 15) is 14.7 Å². The Balaban J connectivity index is 2.07. The molecule has 34 heavy (non-hydrogen) atoms. The van der Waals surface area contributed by atoms with Crippen molar-refractivity contribution in [1.82, 2.24) is 9.80 Å². The van der Waals surface area contributed by atoms with E-state index in [1.54, 1.807) is 53.4 Å². The van der Waals surface area contributed by atoms with Gasteiger partial charge < -0.3 is 19.6 Å². The molecular weight excluding hydrogens is 452 g/mol. The van der Waals surface area contributed by atoms with E-state index in [-0.39, 0.29) is 11.3 Å². The normalized spacial score (nSPS) is 17.4. The number of benzene rings is 2. The molecule has 1 saturated heterocycles. The SMILES string of the molecule is C=CCOc1ccc(/C(O)=C2\C(=O)C(=O)N(CCN(CC)CC)C2c2ccc(Cl)cc2)cc1C. The number of hydrogen-bond donors (Lipinski definition) is 1. The number of likely N-dealkylation sites (N-methyl/N-ethyl adjacent to an activating group) is 1. The highest BCUT2D eigenvalue weighted by Gasteiger charge is 2.46. The van der Waals surface area contributed by atoms with E-state index in [1.165, 1.54) is 0 Å². The molecule has 0 radical (unpaired) electrons. The van der Waals surface area contributed by atoms with Gasteiger partial charge in [0, 0.05) is 23.7 Å². The number of amides is 1. The molecule has 1 aliphatic heterocycles. The maximum absolute atomic E-state index is 13.2. The van der Waals surface area contributed by atoms with Crippen molar-refractivity contribution >= 4 is 29.1 Å². The monoisotopic (exact) mass is 482 g/mol. The van der Waals surface area contributed by atoms with Crippen LogP contribution < -0.4 is 4.74 Å². The number of aliphatic hydroxyl groups is 1. The first-order valence-electron chi connectivity index (χ1n) is 11.4. The van der Waals surface area contributed by atoms with Gasteiger partial charge in [-0.1, -0.05) is 50.2 Å². The Kier molecular flexibility index (Phi) is 8.53. The standard InChI is InChI=1S/C27H31ClN2O4/c1-5-16-34-22-13-10-20(17-18(22)4)25(31)23-24(19-8-11-21(28)12-9-19)30(27(33)26(23)32)15-14-29(6-2)7-3/h5,8-13,17,24,31H,1,6-7,14-16H2,2-4H3/b25-23+. The molecule has 0 aliphatic carbocycles. The summed E-state index contributed by atoms with van der Waals surface area (Å²) in [5.74, 6) is -0.856. The number of rotatable bonds is 10. The predicted octanol–water partition coefficient (Wildman–Crippen LogP) is 4.98. The summed E-state index contributed by atoms with van der Waals surface area (Å²) in [5, 5.41) is 11.8. The van der Waals surface area contributed by atoms with Crippen molar-refractivity contribution in [2.75, 3.05) is 32.8 Å². The first kappa shape index (κ1) is 25.5. The molecule has 7 heteroatoms. The zero-order chi connectivity index (χ0) is 24.8. The molecule has 2 aromatic rings. The van der Waals surface area contributed by atoms with Crippen molar-refractivity contribution in [3.8, 4) is 5.75 Å². The summed E-state index contributed by atoms with van der Waals surface area (Å²) >= 11 is 6.08. The fraction of sp³-hybridized carbons (Fsp3) is 0.333. The van der Waals surface area contributed by atoms with E-state index < -0.39 is 17.7 Å². The Morgan fingerprint density at radius 3 is 2.44 bits per heavy atom. The molecule has 0 saturated carbocycles. The number of hydrogen-bond acceptors (Lipinski definition) is 5. The molecule has 1 fully saturated rings. The predicted molar refractivity (Wildman–Crippen MR) is 135 cm³/mol. The number of Topliss-reactive ketones (excluding diaryl/α,β-unsaturated/α-hetero) is 1. The third-order valence-electron chi connectivity index (χ3n) is 6.08. The molecule has 1 unspecified atom stereocenters. The zero-order valence-corrected chi connectivity index (χ0v) is 20.6. The van der Waals surface area contributed by atoms with Crippen molar-refractivity contribution in [3.05, 3.63) is 82.4 Å². The van der Waals surface area contributed by atoms with Crippen LogP contribution in [0.3, 0.4) is 0 Å². The zero-order valence-electron chi connectivity index (χ0n) is 19.9. The molecule has 1 N–H and O–H groups in total. The Morgan fingerprint density at radius 2 is 1.85 bits per heavy atom. The molecule has 180 valence electrons. The number of aliphatic hydroxyl groups excluding tert-OH is 1. The molecule has 0 bridgehead atoms. The van der Waals surface area contributed by atoms with Crippen LogP contribution in [-0.4, -0.2) is 59.4 Å². The van der Waals surface area contributed by atoms with Crippen molar-refractivity contribution < 1.29 is 19.4 Å². The van der Waals surface area contributed by atoms with Gasteiger partial charge in [-0.05, 0) is 61.5 Å². The molecule has 1 atom stereocenters. The number of ketones is 1. The van der Waals surface area contributed by atoms with Gasteiger partial charge in [-0.15, -0.1) is 0 Å². The van der Waals surface area contributed by atoms with E-state index in [0.717, 1.165) is 18.7 Å². The second-order valence-corrected chi connectivity index (χ2v) is 8.59. The van der Waals surface area contributed by atoms with Crippen molar-refractivity contribution in [2.45, 2.75) is 26.8 Å². The van der Waals surface area contributed by atoms with E-state index in [2.05, 4.69) is 25.3 Å². The van der Waals surface area contributed by atoms with Gasteiger partial charge in [0.2, 0.25) is 0 Å². The van der Waals surface area contributed by atoms with Crippen LogP contribution in [0.5, 0.6) is 5.75 Å². The van der Waals surface area contributed by atoms with Crippen LogP contribution in [0, 0.1) is 6.92 Å². The summed E-state index contributed by atoms with van der Waals surface area (Å²) < 4.78 is 5.62. The van der Waals surface area contributed by atoms with Crippen molar-refractivity contribution in [2.24, 2.45) is 0 Å². The van der Waals surface area contributed by atoms with E-state index in [0.29, 0.717) is 41.6 Å². The van der Waals surface area contributed by atoms with Crippen LogP contribution in [0.4, 0.5) is 0 Å². The molecule has 0 aromatic heterocycles. The van der Waals surface area contributed by atoms with Crippen LogP contribution in [0.2, 0.25) is 5.02 Å². The van der Waals surface area contributed by atoms with Gasteiger partial charge in [0.25, 0.3) is 11.7 Å². The Hall–Kier alpha value is -3.09. The Bertz CT molecular complexity index is 1090. The second-order valence-electron chi connectivity index (χ2n) is 8.15. The quantitative estimate of drug-likeness (QED) is 0.224. The smallest absolute Gasteiger partial charge is 0.295 e. The third kappa shape index (κ3) is 5.34. The lowest BCUT2D eigenvalue weighted by molar-refractivity contribution is -0.140. The average Bonchev–Trinajstić information content (AvgIpc) is 3.09. The first-order chi connectivity index (χ1) is 16.3. The minimum atomic E-state index is -0.704. The Morgan fingerprint density at radius 1 is 1.18 bits per heavy atom. The largest absolute Gasteiger partial charge is 0.507 e. The summed E-state index contributed by atoms with van der Waals surface area (Å²) in [4.78, 5) is 30.0. The molecule has 3 rings (SSSR count). The second kappa shape index (κ2) is 11.4. The van der Waals surface area contributed by atoms with Gasteiger partial charge in [0.15, 0.2) is 0 Å². The van der Waals surface area contributed by atoms with Gasteiger partial charge in [-0.25, -0.2) is 0 Å². The molecule has 1 heterocycles. The van der Waals surface area contributed by atoms with Crippen LogP contribution in [0.25, 0.3) is 5.76 Å². The lowest BCUT2D eigenvalue weighted by atomic mass is 9.95. The molecule has 1 aliphatic rings. The number of carbonyl (C=O) groups excluding carboxylic acids is 2. The number of aryl methyl sites for hydroxylation is 1. The first-order valence-corrected chi connectivity index (χ1v) is 11.8. The molecule has 2 aromatic carbocycles. The molecular formula is C27H31ClN2O4. The topological polar surface area (TPSA) is 70.1 Å². The molecule has 6 nitrogen and oxygen atoms in total. The van der Waals surface area contributed by atoms with Gasteiger partial charge in [-0.2, -0.15) is 0 Å². The third-order valence-corrected chi connectivity index (χ3v) is 6.33. The fourth-order valence-corrected chi connectivity index (χ4v) is 4.28. The number of nitrogens with zero attached hydrogens (tertiary/aromatic N) is 2. The minimum Gasteiger partial charge on any atom is -0.507 e. The molecule has 0 spiro atoms. The lowest BCUT2D eigenvalue weighted by Crippen LogP contribution is -2.38. The molecule has 1 amide bonds. The van der Waals surface area contributed by atoms with Crippen LogP contribution >= 0.6 is 11.6 Å².